The molecule has 2 N–H and O–H groups in total. The molecule has 0 bridgehead atoms. The molecule has 1 aromatic carbocycles. The Morgan fingerprint density at radius 1 is 1.31 bits per heavy atom. The van der Waals surface area contributed by atoms with Crippen molar-refractivity contribution in [2.45, 2.75) is 31.7 Å². The summed E-state index contributed by atoms with van der Waals surface area (Å²) in [4.78, 5) is 3.55. The van der Waals surface area contributed by atoms with Crippen molar-refractivity contribution in [1.29, 1.82) is 0 Å². The van der Waals surface area contributed by atoms with E-state index in [4.69, 9.17) is 0 Å². The fraction of sp³-hybridized carbons (Fsp3) is 0.429. The van der Waals surface area contributed by atoms with Crippen molar-refractivity contribution in [3.63, 3.8) is 0 Å². The third kappa shape index (κ3) is 1.63. The molecule has 0 aliphatic heterocycles. The van der Waals surface area contributed by atoms with Crippen molar-refractivity contribution >= 4 is 10.9 Å². The van der Waals surface area contributed by atoms with E-state index in [2.05, 4.69) is 34.6 Å². The molecule has 1 heterocycles. The van der Waals surface area contributed by atoms with Crippen LogP contribution in [0.15, 0.2) is 24.3 Å². The van der Waals surface area contributed by atoms with Gasteiger partial charge in [-0.1, -0.05) is 12.5 Å². The summed E-state index contributed by atoms with van der Waals surface area (Å²) in [5.41, 5.74) is 4.07. The molecule has 1 saturated carbocycles. The summed E-state index contributed by atoms with van der Waals surface area (Å²) >= 11 is 0. The van der Waals surface area contributed by atoms with Crippen LogP contribution in [0.3, 0.4) is 0 Å². The van der Waals surface area contributed by atoms with Crippen molar-refractivity contribution < 1.29 is 0 Å². The lowest BCUT2D eigenvalue weighted by molar-refractivity contribution is 0.413. The fourth-order valence-corrected chi connectivity index (χ4v) is 2.46. The summed E-state index contributed by atoms with van der Waals surface area (Å²) < 4.78 is 0. The van der Waals surface area contributed by atoms with Crippen molar-refractivity contribution in [3.8, 4) is 0 Å². The van der Waals surface area contributed by atoms with Crippen LogP contribution in [0.25, 0.3) is 10.9 Å². The molecule has 1 aliphatic carbocycles. The first kappa shape index (κ1) is 9.91. The highest BCUT2D eigenvalue weighted by Gasteiger charge is 2.20. The van der Waals surface area contributed by atoms with Crippen molar-refractivity contribution in [2.75, 3.05) is 7.05 Å². The predicted octanol–water partition coefficient (Wildman–Crippen LogP) is 3.15. The Morgan fingerprint density at radius 2 is 2.19 bits per heavy atom. The van der Waals surface area contributed by atoms with E-state index in [0.29, 0.717) is 0 Å². The van der Waals surface area contributed by atoms with Crippen molar-refractivity contribution in [2.24, 2.45) is 0 Å². The van der Waals surface area contributed by atoms with Gasteiger partial charge in [0, 0.05) is 17.8 Å². The third-order valence-electron chi connectivity index (χ3n) is 3.63. The molecule has 2 nitrogen and oxygen atoms in total. The number of benzene rings is 1. The van der Waals surface area contributed by atoms with Gasteiger partial charge in [-0.3, -0.25) is 0 Å². The van der Waals surface area contributed by atoms with Crippen LogP contribution in [0.4, 0.5) is 0 Å². The van der Waals surface area contributed by atoms with Crippen molar-refractivity contribution in [3.05, 3.63) is 35.5 Å². The zero-order valence-corrected chi connectivity index (χ0v) is 9.72. The van der Waals surface area contributed by atoms with Crippen LogP contribution in [0.5, 0.6) is 0 Å². The van der Waals surface area contributed by atoms with Gasteiger partial charge in [-0.15, -0.1) is 0 Å². The minimum absolute atomic E-state index is 0.792. The molecule has 2 heteroatoms. The molecule has 0 atom stereocenters. The van der Waals surface area contributed by atoms with Gasteiger partial charge in [0.2, 0.25) is 0 Å². The SMILES string of the molecule is CNCc1ccc2[nH]c(C3CCC3)cc2c1. The highest BCUT2D eigenvalue weighted by atomic mass is 14.8. The molecule has 16 heavy (non-hydrogen) atoms. The standard InChI is InChI=1S/C14H18N2/c1-15-9-10-5-6-13-12(7-10)8-14(16-13)11-3-2-4-11/h5-8,11,15-16H,2-4,9H2,1H3. The number of aromatic amines is 1. The zero-order chi connectivity index (χ0) is 11.0. The Balaban J connectivity index is 1.96. The second kappa shape index (κ2) is 3.95. The number of H-pyrrole nitrogens is 1. The Kier molecular flexibility index (Phi) is 2.44. The lowest BCUT2D eigenvalue weighted by Gasteiger charge is -2.23. The van der Waals surface area contributed by atoms with Gasteiger partial charge in [-0.2, -0.15) is 0 Å². The molecule has 1 fully saturated rings. The molecule has 0 radical (unpaired) electrons. The number of nitrogens with one attached hydrogen (secondary N) is 2. The van der Waals surface area contributed by atoms with Gasteiger partial charge in [0.15, 0.2) is 0 Å². The number of rotatable bonds is 3. The minimum atomic E-state index is 0.792. The van der Waals surface area contributed by atoms with E-state index >= 15 is 0 Å². The highest BCUT2D eigenvalue weighted by molar-refractivity contribution is 5.81. The van der Waals surface area contributed by atoms with Gasteiger partial charge >= 0.3 is 0 Å². The summed E-state index contributed by atoms with van der Waals surface area (Å²) in [6.45, 7) is 0.944. The number of aromatic nitrogens is 1. The zero-order valence-electron chi connectivity index (χ0n) is 9.72. The summed E-state index contributed by atoms with van der Waals surface area (Å²) in [5, 5.41) is 4.55. The Hall–Kier alpha value is -1.28. The van der Waals surface area contributed by atoms with E-state index in [9.17, 15) is 0 Å². The average Bonchev–Trinajstić information content (AvgIpc) is 2.57. The fourth-order valence-electron chi connectivity index (χ4n) is 2.46. The van der Waals surface area contributed by atoms with Crippen LogP contribution in [0.1, 0.15) is 36.4 Å². The normalized spacial score (nSPS) is 16.6. The van der Waals surface area contributed by atoms with E-state index in [0.717, 1.165) is 12.5 Å². The highest BCUT2D eigenvalue weighted by Crippen LogP contribution is 2.37. The lowest BCUT2D eigenvalue weighted by atomic mass is 9.83. The summed E-state index contributed by atoms with van der Waals surface area (Å²) in [5.74, 6) is 0.792. The average molecular weight is 214 g/mol. The van der Waals surface area contributed by atoms with Crippen LogP contribution < -0.4 is 5.32 Å². The second-order valence-corrected chi connectivity index (χ2v) is 4.80. The van der Waals surface area contributed by atoms with E-state index in [1.807, 2.05) is 7.05 Å². The van der Waals surface area contributed by atoms with Gasteiger partial charge in [0.05, 0.1) is 0 Å². The maximum atomic E-state index is 3.55. The van der Waals surface area contributed by atoms with Gasteiger partial charge in [-0.25, -0.2) is 0 Å². The topological polar surface area (TPSA) is 27.8 Å². The first-order valence-electron chi connectivity index (χ1n) is 6.13. The van der Waals surface area contributed by atoms with Gasteiger partial charge in [0.25, 0.3) is 0 Å². The number of fused-ring (bicyclic) bond motifs is 1. The smallest absolute Gasteiger partial charge is 0.0456 e. The number of hydrogen-bond acceptors (Lipinski definition) is 1. The van der Waals surface area contributed by atoms with Gasteiger partial charge in [0.1, 0.15) is 0 Å². The van der Waals surface area contributed by atoms with Crippen LogP contribution in [-0.2, 0) is 6.54 Å². The molecule has 3 rings (SSSR count). The maximum Gasteiger partial charge on any atom is 0.0456 e. The maximum absolute atomic E-state index is 3.55. The van der Waals surface area contributed by atoms with E-state index in [1.54, 1.807) is 0 Å². The third-order valence-corrected chi connectivity index (χ3v) is 3.63. The Bertz CT molecular complexity index is 494. The van der Waals surface area contributed by atoms with E-state index in [1.165, 1.54) is 41.4 Å². The molecular formula is C14H18N2. The first-order valence-corrected chi connectivity index (χ1v) is 6.13. The molecule has 84 valence electrons. The second-order valence-electron chi connectivity index (χ2n) is 4.80. The largest absolute Gasteiger partial charge is 0.358 e. The Labute approximate surface area is 96.1 Å². The molecule has 0 amide bonds. The van der Waals surface area contributed by atoms with Crippen LogP contribution in [0.2, 0.25) is 0 Å². The lowest BCUT2D eigenvalue weighted by Crippen LogP contribution is -2.08. The minimum Gasteiger partial charge on any atom is -0.358 e. The van der Waals surface area contributed by atoms with Gasteiger partial charge in [-0.05, 0) is 55.0 Å². The molecule has 0 unspecified atom stereocenters. The quantitative estimate of drug-likeness (QED) is 0.807. The summed E-state index contributed by atoms with van der Waals surface area (Å²) in [7, 11) is 1.99. The molecule has 0 saturated heterocycles. The number of hydrogen-bond donors (Lipinski definition) is 2. The Morgan fingerprint density at radius 3 is 2.88 bits per heavy atom. The summed E-state index contributed by atoms with van der Waals surface area (Å²) in [6.07, 6.45) is 4.11. The molecular weight excluding hydrogens is 196 g/mol. The predicted molar refractivity (Wildman–Crippen MR) is 67.7 cm³/mol. The van der Waals surface area contributed by atoms with Crippen molar-refractivity contribution in [1.82, 2.24) is 10.3 Å². The van der Waals surface area contributed by atoms with Crippen LogP contribution >= 0.6 is 0 Å². The molecule has 1 aliphatic rings. The summed E-state index contributed by atoms with van der Waals surface area (Å²) in [6, 6.07) is 9.01. The molecule has 2 aromatic rings. The van der Waals surface area contributed by atoms with Crippen LogP contribution in [0, 0.1) is 0 Å². The first-order chi connectivity index (χ1) is 7.86. The van der Waals surface area contributed by atoms with Crippen LogP contribution in [-0.4, -0.2) is 12.0 Å². The van der Waals surface area contributed by atoms with E-state index in [-0.39, 0.29) is 0 Å². The van der Waals surface area contributed by atoms with E-state index < -0.39 is 0 Å². The molecule has 1 aromatic heterocycles. The monoisotopic (exact) mass is 214 g/mol. The molecule has 0 spiro atoms. The van der Waals surface area contributed by atoms with Gasteiger partial charge < -0.3 is 10.3 Å².